The minimum Gasteiger partial charge on any atom is -0.497 e. The molecule has 1 aromatic carbocycles. The maximum Gasteiger partial charge on any atom is 0.407 e. The van der Waals surface area contributed by atoms with Crippen molar-refractivity contribution in [3.63, 3.8) is 0 Å². The molecule has 0 aliphatic carbocycles. The van der Waals surface area contributed by atoms with E-state index in [-0.39, 0.29) is 5.92 Å². The first-order valence-corrected chi connectivity index (χ1v) is 6.82. The maximum atomic E-state index is 11.6. The highest BCUT2D eigenvalue weighted by molar-refractivity contribution is 5.74. The molecular weight excluding hydrogens is 274 g/mol. The van der Waals surface area contributed by atoms with E-state index in [1.54, 1.807) is 26.2 Å². The van der Waals surface area contributed by atoms with Gasteiger partial charge < -0.3 is 19.8 Å². The lowest BCUT2D eigenvalue weighted by atomic mass is 9.76. The van der Waals surface area contributed by atoms with Crippen LogP contribution in [-0.4, -0.2) is 46.9 Å². The quantitative estimate of drug-likeness (QED) is 0.892. The molecule has 3 atom stereocenters. The molecule has 1 heterocycles. The fourth-order valence-corrected chi connectivity index (χ4v) is 3.06. The average molecular weight is 293 g/mol. The van der Waals surface area contributed by atoms with Crippen LogP contribution in [0.15, 0.2) is 24.3 Å². The lowest BCUT2D eigenvalue weighted by Crippen LogP contribution is -2.51. The molecule has 0 aromatic heterocycles. The summed E-state index contributed by atoms with van der Waals surface area (Å²) in [7, 11) is 1.57. The highest BCUT2D eigenvalue weighted by atomic mass is 16.5. The lowest BCUT2D eigenvalue weighted by molar-refractivity contribution is -0.146. The van der Waals surface area contributed by atoms with Gasteiger partial charge in [-0.2, -0.15) is 0 Å². The topological polar surface area (TPSA) is 87.1 Å². The summed E-state index contributed by atoms with van der Waals surface area (Å²) in [6, 6.07) is 6.73. The summed E-state index contributed by atoms with van der Waals surface area (Å²) in [5.41, 5.74) is 0.903. The third kappa shape index (κ3) is 2.94. The van der Waals surface area contributed by atoms with Crippen LogP contribution in [0.25, 0.3) is 0 Å². The number of carbonyl (C=O) groups is 2. The molecule has 114 valence electrons. The van der Waals surface area contributed by atoms with Gasteiger partial charge in [-0.15, -0.1) is 0 Å². The molecule has 6 nitrogen and oxygen atoms in total. The molecule has 1 amide bonds. The molecular formula is C15H19NO5. The number of aliphatic carboxylic acids is 1. The van der Waals surface area contributed by atoms with Crippen molar-refractivity contribution in [3.05, 3.63) is 29.8 Å². The van der Waals surface area contributed by atoms with Gasteiger partial charge in [0.05, 0.1) is 13.0 Å². The van der Waals surface area contributed by atoms with E-state index in [9.17, 15) is 14.7 Å². The van der Waals surface area contributed by atoms with Gasteiger partial charge in [0, 0.05) is 18.5 Å². The monoisotopic (exact) mass is 293 g/mol. The predicted molar refractivity (Wildman–Crippen MR) is 75.7 cm³/mol. The second kappa shape index (κ2) is 6.03. The number of piperidine rings is 1. The highest BCUT2D eigenvalue weighted by Crippen LogP contribution is 2.37. The van der Waals surface area contributed by atoms with E-state index in [0.29, 0.717) is 18.7 Å². The number of carboxylic acids is 1. The Kier molecular flexibility index (Phi) is 4.35. The van der Waals surface area contributed by atoms with Crippen molar-refractivity contribution in [1.82, 2.24) is 4.90 Å². The van der Waals surface area contributed by atoms with E-state index in [1.165, 1.54) is 4.90 Å². The molecule has 1 aliphatic heterocycles. The van der Waals surface area contributed by atoms with E-state index in [0.717, 1.165) is 5.56 Å². The maximum absolute atomic E-state index is 11.6. The van der Waals surface area contributed by atoms with Crippen LogP contribution < -0.4 is 4.74 Å². The Labute approximate surface area is 122 Å². The van der Waals surface area contributed by atoms with Crippen LogP contribution in [0.5, 0.6) is 5.75 Å². The fourth-order valence-electron chi connectivity index (χ4n) is 3.06. The first-order valence-electron chi connectivity index (χ1n) is 6.82. The van der Waals surface area contributed by atoms with Crippen molar-refractivity contribution >= 4 is 12.1 Å². The number of likely N-dealkylation sites (tertiary alicyclic amines) is 1. The molecule has 2 rings (SSSR count). The summed E-state index contributed by atoms with van der Waals surface area (Å²) >= 11 is 0. The molecule has 21 heavy (non-hydrogen) atoms. The van der Waals surface area contributed by atoms with E-state index in [4.69, 9.17) is 9.84 Å². The zero-order chi connectivity index (χ0) is 15.6. The predicted octanol–water partition coefficient (Wildman–Crippen LogP) is 2.25. The molecule has 1 aromatic rings. The summed E-state index contributed by atoms with van der Waals surface area (Å²) < 4.78 is 5.10. The minimum absolute atomic E-state index is 0.195. The van der Waals surface area contributed by atoms with Gasteiger partial charge in [0.1, 0.15) is 5.75 Å². The molecule has 2 N–H and O–H groups in total. The smallest absolute Gasteiger partial charge is 0.407 e. The highest BCUT2D eigenvalue weighted by Gasteiger charge is 2.42. The van der Waals surface area contributed by atoms with E-state index >= 15 is 0 Å². The van der Waals surface area contributed by atoms with E-state index in [1.807, 2.05) is 12.1 Å². The van der Waals surface area contributed by atoms with Gasteiger partial charge in [-0.3, -0.25) is 4.79 Å². The number of hydrogen-bond donors (Lipinski definition) is 2. The largest absolute Gasteiger partial charge is 0.497 e. The van der Waals surface area contributed by atoms with Gasteiger partial charge in [-0.05, 0) is 31.0 Å². The number of hydrogen-bond acceptors (Lipinski definition) is 3. The van der Waals surface area contributed by atoms with Crippen LogP contribution in [0.2, 0.25) is 0 Å². The van der Waals surface area contributed by atoms with Gasteiger partial charge >= 0.3 is 12.1 Å². The second-order valence-electron chi connectivity index (χ2n) is 5.25. The molecule has 0 spiro atoms. The Balaban J connectivity index is 2.29. The summed E-state index contributed by atoms with van der Waals surface area (Å²) in [6.45, 7) is 2.00. The van der Waals surface area contributed by atoms with E-state index in [2.05, 4.69) is 0 Å². The molecule has 0 bridgehead atoms. The standard InChI is InChI=1S/C15H19NO5/c1-9-13(14(17)18)12(7-8-16(9)15(19)20)10-3-5-11(21-2)6-4-10/h3-6,9,12-13H,7-8H2,1-2H3,(H,17,18)(H,19,20). The van der Waals surface area contributed by atoms with Crippen molar-refractivity contribution < 1.29 is 24.5 Å². The summed E-state index contributed by atoms with van der Waals surface area (Å²) in [5.74, 6) is -1.20. The molecule has 0 radical (unpaired) electrons. The fraction of sp³-hybridized carbons (Fsp3) is 0.467. The molecule has 0 saturated carbocycles. The number of benzene rings is 1. The van der Waals surface area contributed by atoms with Gasteiger partial charge in [0.25, 0.3) is 0 Å². The minimum atomic E-state index is -1.07. The molecule has 1 fully saturated rings. The Morgan fingerprint density at radius 2 is 1.86 bits per heavy atom. The Bertz CT molecular complexity index is 527. The zero-order valence-electron chi connectivity index (χ0n) is 12.0. The van der Waals surface area contributed by atoms with Gasteiger partial charge in [0.2, 0.25) is 0 Å². The molecule has 3 unspecified atom stereocenters. The second-order valence-corrected chi connectivity index (χ2v) is 5.25. The zero-order valence-corrected chi connectivity index (χ0v) is 12.0. The molecule has 1 saturated heterocycles. The van der Waals surface area contributed by atoms with Crippen LogP contribution in [0.1, 0.15) is 24.8 Å². The number of ether oxygens (including phenoxy) is 1. The number of rotatable bonds is 3. The third-order valence-corrected chi connectivity index (χ3v) is 4.20. The average Bonchev–Trinajstić information content (AvgIpc) is 2.46. The summed E-state index contributed by atoms with van der Waals surface area (Å²) in [5, 5.41) is 18.6. The van der Waals surface area contributed by atoms with E-state index < -0.39 is 24.0 Å². The van der Waals surface area contributed by atoms with Gasteiger partial charge in [0.15, 0.2) is 0 Å². The van der Waals surface area contributed by atoms with Crippen molar-refractivity contribution in [2.24, 2.45) is 5.92 Å². The molecule has 1 aliphatic rings. The normalized spacial score (nSPS) is 25.4. The number of amides is 1. The van der Waals surface area contributed by atoms with Crippen molar-refractivity contribution in [3.8, 4) is 5.75 Å². The third-order valence-electron chi connectivity index (χ3n) is 4.20. The van der Waals surface area contributed by atoms with Gasteiger partial charge in [-0.1, -0.05) is 12.1 Å². The van der Waals surface area contributed by atoms with Crippen molar-refractivity contribution in [2.45, 2.75) is 25.3 Å². The first kappa shape index (κ1) is 15.2. The molecule has 6 heteroatoms. The Hall–Kier alpha value is -2.24. The van der Waals surface area contributed by atoms with Crippen LogP contribution in [0.4, 0.5) is 4.79 Å². The van der Waals surface area contributed by atoms with Crippen LogP contribution >= 0.6 is 0 Å². The van der Waals surface area contributed by atoms with Crippen molar-refractivity contribution in [2.75, 3.05) is 13.7 Å². The number of nitrogens with zero attached hydrogens (tertiary/aromatic N) is 1. The van der Waals surface area contributed by atoms with Crippen molar-refractivity contribution in [1.29, 1.82) is 0 Å². The Morgan fingerprint density at radius 1 is 1.24 bits per heavy atom. The summed E-state index contributed by atoms with van der Waals surface area (Å²) in [4.78, 5) is 24.0. The Morgan fingerprint density at radius 3 is 2.33 bits per heavy atom. The lowest BCUT2D eigenvalue weighted by Gasteiger charge is -2.40. The first-order chi connectivity index (χ1) is 9.95. The summed E-state index contributed by atoms with van der Waals surface area (Å²) in [6.07, 6.45) is -0.568. The van der Waals surface area contributed by atoms with Crippen LogP contribution in [0, 0.1) is 5.92 Å². The van der Waals surface area contributed by atoms with Crippen LogP contribution in [-0.2, 0) is 4.79 Å². The van der Waals surface area contributed by atoms with Crippen LogP contribution in [0.3, 0.4) is 0 Å². The number of methoxy groups -OCH3 is 1. The van der Waals surface area contributed by atoms with Gasteiger partial charge in [-0.25, -0.2) is 4.79 Å². The SMILES string of the molecule is COc1ccc(C2CCN(C(=O)O)C(C)C2C(=O)O)cc1. The number of carboxylic acid groups (broad SMARTS) is 2.